The van der Waals surface area contributed by atoms with E-state index in [4.69, 9.17) is 15.7 Å². The van der Waals surface area contributed by atoms with Gasteiger partial charge < -0.3 is 10.5 Å². The molecule has 0 aliphatic carbocycles. The van der Waals surface area contributed by atoms with E-state index in [0.717, 1.165) is 11.3 Å². The second kappa shape index (κ2) is 5.97. The average molecular weight is 403 g/mol. The molecule has 1 aromatic carbocycles. The zero-order valence-corrected chi connectivity index (χ0v) is 12.7. The van der Waals surface area contributed by atoms with Crippen LogP contribution in [0, 0.1) is 25.0 Å². The molecular weight excluding hydrogens is 397 g/mol. The van der Waals surface area contributed by atoms with Gasteiger partial charge in [0.1, 0.15) is 6.61 Å². The molecule has 2 aromatic rings. The predicted molar refractivity (Wildman–Crippen MR) is 79.2 cm³/mol. The molecule has 10 heteroatoms. The van der Waals surface area contributed by atoms with E-state index >= 15 is 0 Å². The van der Waals surface area contributed by atoms with Crippen LogP contribution in [0.15, 0.2) is 12.1 Å². The molecule has 0 unspecified atom stereocenters. The van der Waals surface area contributed by atoms with Crippen LogP contribution in [0.2, 0.25) is 0 Å². The Hall–Kier alpha value is -2.00. The highest BCUT2D eigenvalue weighted by atomic mass is 127. The molecule has 0 aliphatic heterocycles. The maximum absolute atomic E-state index is 11.0. The van der Waals surface area contributed by atoms with E-state index in [1.165, 1.54) is 12.1 Å². The van der Waals surface area contributed by atoms with Crippen molar-refractivity contribution in [1.29, 1.82) is 5.26 Å². The molecule has 0 amide bonds. The zero-order chi connectivity index (χ0) is 14.7. The summed E-state index contributed by atoms with van der Waals surface area (Å²) >= 11 is 3.02. The van der Waals surface area contributed by atoms with Crippen LogP contribution in [0.4, 0.5) is 10.8 Å². The molecule has 2 N–H and O–H groups in total. The zero-order valence-electron chi connectivity index (χ0n) is 9.74. The molecule has 0 saturated carbocycles. The fourth-order valence-electron chi connectivity index (χ4n) is 1.38. The summed E-state index contributed by atoms with van der Waals surface area (Å²) in [6.45, 7) is 0.0254. The highest BCUT2D eigenvalue weighted by Gasteiger charge is 2.21. The quantitative estimate of drug-likeness (QED) is 0.470. The van der Waals surface area contributed by atoms with Crippen LogP contribution in [-0.2, 0) is 6.61 Å². The van der Waals surface area contributed by atoms with Gasteiger partial charge in [0.15, 0.2) is 5.01 Å². The molecule has 20 heavy (non-hydrogen) atoms. The summed E-state index contributed by atoms with van der Waals surface area (Å²) in [4.78, 5) is 10.4. The monoisotopic (exact) mass is 403 g/mol. The number of nitro benzene ring substituents is 1. The van der Waals surface area contributed by atoms with Crippen molar-refractivity contribution in [2.24, 2.45) is 0 Å². The third-order valence-electron chi connectivity index (χ3n) is 2.17. The number of nitro groups is 1. The van der Waals surface area contributed by atoms with Crippen molar-refractivity contribution >= 4 is 44.7 Å². The van der Waals surface area contributed by atoms with Crippen molar-refractivity contribution in [2.75, 3.05) is 5.73 Å². The molecule has 102 valence electrons. The van der Waals surface area contributed by atoms with Crippen LogP contribution in [-0.4, -0.2) is 15.1 Å². The summed E-state index contributed by atoms with van der Waals surface area (Å²) in [5, 5.41) is 28.0. The SMILES string of the molecule is N#Cc1cc(I)c(OCc2nnc(N)s2)c([N+](=O)[O-])c1. The van der Waals surface area contributed by atoms with Gasteiger partial charge in [-0.25, -0.2) is 0 Å². The Labute approximate surface area is 130 Å². The van der Waals surface area contributed by atoms with Crippen LogP contribution in [0.3, 0.4) is 0 Å². The number of rotatable bonds is 4. The van der Waals surface area contributed by atoms with Gasteiger partial charge in [-0.1, -0.05) is 11.3 Å². The predicted octanol–water partition coefficient (Wildman–Crippen LogP) is 2.08. The first kappa shape index (κ1) is 14.4. The minimum Gasteiger partial charge on any atom is -0.479 e. The third-order valence-corrected chi connectivity index (χ3v) is 3.70. The molecule has 0 fully saturated rings. The minimum atomic E-state index is -0.590. The van der Waals surface area contributed by atoms with E-state index in [1.54, 1.807) is 0 Å². The number of nitriles is 1. The lowest BCUT2D eigenvalue weighted by atomic mass is 10.2. The van der Waals surface area contributed by atoms with Gasteiger partial charge in [0, 0.05) is 6.07 Å². The van der Waals surface area contributed by atoms with E-state index in [9.17, 15) is 10.1 Å². The van der Waals surface area contributed by atoms with Crippen molar-refractivity contribution in [2.45, 2.75) is 6.61 Å². The number of aromatic nitrogens is 2. The normalized spacial score (nSPS) is 10.0. The number of benzene rings is 1. The van der Waals surface area contributed by atoms with Crippen molar-refractivity contribution in [3.63, 3.8) is 0 Å². The Morgan fingerprint density at radius 2 is 2.30 bits per heavy atom. The van der Waals surface area contributed by atoms with Crippen LogP contribution >= 0.6 is 33.9 Å². The number of hydrogen-bond acceptors (Lipinski definition) is 8. The fourth-order valence-corrected chi connectivity index (χ4v) is 2.67. The molecule has 0 radical (unpaired) electrons. The van der Waals surface area contributed by atoms with E-state index in [0.29, 0.717) is 13.7 Å². The summed E-state index contributed by atoms with van der Waals surface area (Å²) in [7, 11) is 0. The van der Waals surface area contributed by atoms with Crippen LogP contribution < -0.4 is 10.5 Å². The minimum absolute atomic E-state index is 0.0254. The summed E-state index contributed by atoms with van der Waals surface area (Å²) < 4.78 is 5.90. The first-order valence-corrected chi connectivity index (χ1v) is 6.99. The van der Waals surface area contributed by atoms with Gasteiger partial charge in [-0.3, -0.25) is 10.1 Å². The Balaban J connectivity index is 2.31. The Morgan fingerprint density at radius 1 is 1.55 bits per heavy atom. The number of anilines is 1. The van der Waals surface area contributed by atoms with Crippen molar-refractivity contribution in [3.8, 4) is 11.8 Å². The highest BCUT2D eigenvalue weighted by Crippen LogP contribution is 2.34. The van der Waals surface area contributed by atoms with Gasteiger partial charge in [0.25, 0.3) is 0 Å². The topological polar surface area (TPSA) is 128 Å². The number of hydrogen-bond donors (Lipinski definition) is 1. The lowest BCUT2D eigenvalue weighted by Gasteiger charge is -2.07. The van der Waals surface area contributed by atoms with E-state index in [2.05, 4.69) is 10.2 Å². The molecule has 8 nitrogen and oxygen atoms in total. The number of halogens is 1. The summed E-state index contributed by atoms with van der Waals surface area (Å²) in [6, 6.07) is 4.55. The molecule has 0 atom stereocenters. The lowest BCUT2D eigenvalue weighted by molar-refractivity contribution is -0.386. The molecule has 0 bridgehead atoms. The van der Waals surface area contributed by atoms with Gasteiger partial charge in [-0.2, -0.15) is 5.26 Å². The van der Waals surface area contributed by atoms with Gasteiger partial charge >= 0.3 is 5.69 Å². The summed E-state index contributed by atoms with van der Waals surface area (Å²) in [6.07, 6.45) is 0. The second-order valence-electron chi connectivity index (χ2n) is 3.50. The molecule has 2 rings (SSSR count). The molecule has 0 aliphatic rings. The Morgan fingerprint density at radius 3 is 2.85 bits per heavy atom. The largest absolute Gasteiger partial charge is 0.479 e. The number of nitrogens with two attached hydrogens (primary N) is 1. The van der Waals surface area contributed by atoms with Crippen LogP contribution in [0.5, 0.6) is 5.75 Å². The summed E-state index contributed by atoms with van der Waals surface area (Å²) in [5.41, 5.74) is 5.38. The molecule has 1 aromatic heterocycles. The smallest absolute Gasteiger partial charge is 0.313 e. The van der Waals surface area contributed by atoms with Gasteiger partial charge in [0.2, 0.25) is 10.9 Å². The standard InChI is InChI=1S/C10H6IN5O3S/c11-6-1-5(3-12)2-7(16(17)18)9(6)19-4-8-14-15-10(13)20-8/h1-2H,4H2,(H2,13,15). The first-order valence-electron chi connectivity index (χ1n) is 5.10. The van der Waals surface area contributed by atoms with Gasteiger partial charge in [0.05, 0.1) is 20.1 Å². The number of ether oxygens (including phenoxy) is 1. The lowest BCUT2D eigenvalue weighted by Crippen LogP contribution is -2.01. The maximum Gasteiger partial charge on any atom is 0.313 e. The van der Waals surface area contributed by atoms with E-state index in [-0.39, 0.29) is 23.6 Å². The number of nitrogens with zero attached hydrogens (tertiary/aromatic N) is 4. The Bertz CT molecular complexity index is 711. The van der Waals surface area contributed by atoms with Crippen molar-refractivity contribution in [1.82, 2.24) is 10.2 Å². The van der Waals surface area contributed by atoms with Crippen molar-refractivity contribution in [3.05, 3.63) is 36.4 Å². The Kier molecular flexibility index (Phi) is 4.30. The van der Waals surface area contributed by atoms with Crippen LogP contribution in [0.1, 0.15) is 10.6 Å². The van der Waals surface area contributed by atoms with Gasteiger partial charge in [-0.05, 0) is 28.7 Å². The summed E-state index contributed by atoms with van der Waals surface area (Å²) in [5.74, 6) is 0.100. The van der Waals surface area contributed by atoms with E-state index in [1.807, 2.05) is 28.7 Å². The maximum atomic E-state index is 11.0. The van der Waals surface area contributed by atoms with Crippen molar-refractivity contribution < 1.29 is 9.66 Å². The molecule has 0 spiro atoms. The third kappa shape index (κ3) is 3.11. The molecular formula is C10H6IN5O3S. The highest BCUT2D eigenvalue weighted by molar-refractivity contribution is 14.1. The molecule has 1 heterocycles. The number of nitrogen functional groups attached to an aromatic ring is 1. The average Bonchev–Trinajstić information content (AvgIpc) is 2.82. The second-order valence-corrected chi connectivity index (χ2v) is 5.75. The molecule has 0 saturated heterocycles. The fraction of sp³-hybridized carbons (Fsp3) is 0.100. The first-order chi connectivity index (χ1) is 9.51. The van der Waals surface area contributed by atoms with E-state index < -0.39 is 4.92 Å². The van der Waals surface area contributed by atoms with Gasteiger partial charge in [-0.15, -0.1) is 10.2 Å². The van der Waals surface area contributed by atoms with Crippen LogP contribution in [0.25, 0.3) is 0 Å².